The Morgan fingerprint density at radius 3 is 2.60 bits per heavy atom. The number of rotatable bonds is 16. The number of amides is 2. The third-order valence-electron chi connectivity index (χ3n) is 3.31. The summed E-state index contributed by atoms with van der Waals surface area (Å²) in [6.45, 7) is 2.80. The summed E-state index contributed by atoms with van der Waals surface area (Å²) in [5.41, 5.74) is 6.13. The fourth-order valence-corrected chi connectivity index (χ4v) is 2.14. The molecule has 0 aromatic rings. The second kappa shape index (κ2) is 15.7. The fourth-order valence-electron chi connectivity index (χ4n) is 2.14. The molecule has 1 unspecified atom stereocenters. The maximum absolute atomic E-state index is 11.6. The number of aliphatic hydroxyl groups is 1. The van der Waals surface area contributed by atoms with Crippen molar-refractivity contribution in [2.75, 3.05) is 26.3 Å². The van der Waals surface area contributed by atoms with Crippen LogP contribution in [0.25, 0.3) is 0 Å². The van der Waals surface area contributed by atoms with Crippen molar-refractivity contribution < 1.29 is 24.2 Å². The molecule has 0 bridgehead atoms. The van der Waals surface area contributed by atoms with Crippen LogP contribution in [0.2, 0.25) is 0 Å². The monoisotopic (exact) mass is 357 g/mol. The number of hydrogen-bond donors (Lipinski definition) is 4. The van der Waals surface area contributed by atoms with Gasteiger partial charge in [0.1, 0.15) is 19.1 Å². The van der Waals surface area contributed by atoms with Crippen LogP contribution in [-0.4, -0.2) is 55.7 Å². The molecule has 0 aromatic heterocycles. The lowest BCUT2D eigenvalue weighted by Crippen LogP contribution is -2.35. The van der Waals surface area contributed by atoms with Crippen molar-refractivity contribution in [2.24, 2.45) is 5.73 Å². The first-order chi connectivity index (χ1) is 12.0. The van der Waals surface area contributed by atoms with Crippen LogP contribution in [0, 0.1) is 0 Å². The summed E-state index contributed by atoms with van der Waals surface area (Å²) < 4.78 is 4.91. The Balaban J connectivity index is 3.99. The lowest BCUT2D eigenvalue weighted by Gasteiger charge is -2.12. The molecule has 0 rings (SSSR count). The number of nitrogens with two attached hydrogens (primary N) is 1. The normalized spacial score (nSPS) is 12.6. The van der Waals surface area contributed by atoms with E-state index in [1.54, 1.807) is 0 Å². The number of ether oxygens (including phenoxy) is 1. The third kappa shape index (κ3) is 15.5. The van der Waals surface area contributed by atoms with Gasteiger partial charge in [0.15, 0.2) is 0 Å². The summed E-state index contributed by atoms with van der Waals surface area (Å²) in [6.07, 6.45) is 6.06. The van der Waals surface area contributed by atoms with Crippen LogP contribution in [0.5, 0.6) is 0 Å². The van der Waals surface area contributed by atoms with E-state index in [0.717, 1.165) is 25.5 Å². The van der Waals surface area contributed by atoms with Gasteiger partial charge in [-0.2, -0.15) is 0 Å². The molecule has 0 saturated carbocycles. The van der Waals surface area contributed by atoms with Crippen LogP contribution >= 0.6 is 0 Å². The van der Waals surface area contributed by atoms with Crippen molar-refractivity contribution in [3.63, 3.8) is 0 Å². The molecule has 8 heteroatoms. The highest BCUT2D eigenvalue weighted by atomic mass is 16.5. The van der Waals surface area contributed by atoms with Gasteiger partial charge >= 0.3 is 0 Å². The van der Waals surface area contributed by atoms with Crippen molar-refractivity contribution in [3.8, 4) is 0 Å². The molecule has 0 aliphatic carbocycles. The van der Waals surface area contributed by atoms with Gasteiger partial charge in [-0.1, -0.05) is 25.0 Å². The number of carbonyl (C=O) groups excluding carboxylic acids is 3. The minimum atomic E-state index is -0.856. The lowest BCUT2D eigenvalue weighted by molar-refractivity contribution is -0.124. The zero-order valence-electron chi connectivity index (χ0n) is 15.0. The molecule has 0 radical (unpaired) electrons. The standard InChI is InChI=1S/C17H31N3O5/c1-2-5-14(7-8-16(23)19-10-4-11-21)6-3-9-20-17(24)13-25-12-15(18)22/h6,11,17,20,24H,2-5,7-10,12-13H2,1H3,(H2,18,22)(H,19,23)/b14-6+. The van der Waals surface area contributed by atoms with Gasteiger partial charge in [-0.05, 0) is 19.3 Å². The SMILES string of the molecule is CCC/C(=C\CCNC(O)COCC(N)=O)CCC(=O)NCCC=O. The van der Waals surface area contributed by atoms with E-state index in [1.807, 2.05) is 0 Å². The summed E-state index contributed by atoms with van der Waals surface area (Å²) >= 11 is 0. The van der Waals surface area contributed by atoms with Crippen molar-refractivity contribution in [2.45, 2.75) is 51.7 Å². The van der Waals surface area contributed by atoms with E-state index in [9.17, 15) is 19.5 Å². The van der Waals surface area contributed by atoms with Crippen LogP contribution < -0.4 is 16.4 Å². The maximum atomic E-state index is 11.6. The Morgan fingerprint density at radius 2 is 1.96 bits per heavy atom. The van der Waals surface area contributed by atoms with E-state index in [4.69, 9.17) is 10.5 Å². The van der Waals surface area contributed by atoms with E-state index in [0.29, 0.717) is 32.4 Å². The number of hydrogen-bond acceptors (Lipinski definition) is 6. The predicted octanol–water partition coefficient (Wildman–Crippen LogP) is -0.00170. The van der Waals surface area contributed by atoms with Gasteiger partial charge < -0.3 is 25.7 Å². The summed E-state index contributed by atoms with van der Waals surface area (Å²) in [5, 5.41) is 15.2. The Bertz CT molecular complexity index is 427. The predicted molar refractivity (Wildman–Crippen MR) is 94.6 cm³/mol. The summed E-state index contributed by atoms with van der Waals surface area (Å²) in [4.78, 5) is 32.4. The van der Waals surface area contributed by atoms with Crippen LogP contribution in [0.4, 0.5) is 0 Å². The molecule has 0 fully saturated rings. The Labute approximate surface area is 149 Å². The smallest absolute Gasteiger partial charge is 0.243 e. The van der Waals surface area contributed by atoms with E-state index in [2.05, 4.69) is 23.6 Å². The zero-order chi connectivity index (χ0) is 18.9. The van der Waals surface area contributed by atoms with Crippen molar-refractivity contribution in [3.05, 3.63) is 11.6 Å². The second-order valence-corrected chi connectivity index (χ2v) is 5.66. The van der Waals surface area contributed by atoms with E-state index >= 15 is 0 Å². The molecule has 2 amide bonds. The molecule has 8 nitrogen and oxygen atoms in total. The topological polar surface area (TPSA) is 131 Å². The number of carbonyl (C=O) groups is 3. The number of primary amides is 1. The van der Waals surface area contributed by atoms with Gasteiger partial charge in [-0.15, -0.1) is 0 Å². The summed E-state index contributed by atoms with van der Waals surface area (Å²) in [7, 11) is 0. The average molecular weight is 357 g/mol. The van der Waals surface area contributed by atoms with Gasteiger partial charge in [-0.25, -0.2) is 0 Å². The van der Waals surface area contributed by atoms with Gasteiger partial charge in [0.05, 0.1) is 6.61 Å². The largest absolute Gasteiger partial charge is 0.376 e. The Morgan fingerprint density at radius 1 is 1.20 bits per heavy atom. The highest BCUT2D eigenvalue weighted by molar-refractivity contribution is 5.76. The summed E-state index contributed by atoms with van der Waals surface area (Å²) in [6, 6.07) is 0. The number of nitrogens with one attached hydrogen (secondary N) is 2. The number of allylic oxidation sites excluding steroid dienone is 1. The minimum Gasteiger partial charge on any atom is -0.376 e. The molecule has 0 heterocycles. The first kappa shape index (κ1) is 23.2. The summed E-state index contributed by atoms with van der Waals surface area (Å²) in [5.74, 6) is -0.626. The molecule has 0 aliphatic rings. The van der Waals surface area contributed by atoms with E-state index in [-0.39, 0.29) is 19.1 Å². The minimum absolute atomic E-state index is 0.00453. The van der Waals surface area contributed by atoms with Crippen LogP contribution in [0.15, 0.2) is 11.6 Å². The van der Waals surface area contributed by atoms with Gasteiger partial charge in [0.2, 0.25) is 11.8 Å². The highest BCUT2D eigenvalue weighted by Gasteiger charge is 2.05. The number of aliphatic hydroxyl groups excluding tert-OH is 1. The maximum Gasteiger partial charge on any atom is 0.243 e. The van der Waals surface area contributed by atoms with Crippen molar-refractivity contribution >= 4 is 18.1 Å². The first-order valence-electron chi connectivity index (χ1n) is 8.65. The molecule has 0 saturated heterocycles. The van der Waals surface area contributed by atoms with Gasteiger partial charge in [-0.3, -0.25) is 14.9 Å². The van der Waals surface area contributed by atoms with Crippen molar-refractivity contribution in [1.82, 2.24) is 10.6 Å². The molecular formula is C17H31N3O5. The highest BCUT2D eigenvalue weighted by Crippen LogP contribution is 2.13. The lowest BCUT2D eigenvalue weighted by atomic mass is 10.0. The molecule has 144 valence electrons. The molecule has 0 aromatic carbocycles. The third-order valence-corrected chi connectivity index (χ3v) is 3.31. The molecular weight excluding hydrogens is 326 g/mol. The van der Waals surface area contributed by atoms with Crippen LogP contribution in [-0.2, 0) is 19.1 Å². The zero-order valence-corrected chi connectivity index (χ0v) is 15.0. The quantitative estimate of drug-likeness (QED) is 0.133. The van der Waals surface area contributed by atoms with E-state index in [1.165, 1.54) is 5.57 Å². The van der Waals surface area contributed by atoms with E-state index < -0.39 is 12.1 Å². The Kier molecular flexibility index (Phi) is 14.6. The van der Waals surface area contributed by atoms with Crippen LogP contribution in [0.3, 0.4) is 0 Å². The number of aldehydes is 1. The molecule has 1 atom stereocenters. The second-order valence-electron chi connectivity index (χ2n) is 5.66. The van der Waals surface area contributed by atoms with Gasteiger partial charge in [0.25, 0.3) is 0 Å². The molecule has 0 aliphatic heterocycles. The van der Waals surface area contributed by atoms with Crippen molar-refractivity contribution in [1.29, 1.82) is 0 Å². The van der Waals surface area contributed by atoms with Crippen LogP contribution in [0.1, 0.15) is 45.4 Å². The molecule has 0 spiro atoms. The average Bonchev–Trinajstić information content (AvgIpc) is 2.56. The molecule has 5 N–H and O–H groups in total. The Hall–Kier alpha value is -1.77. The molecule has 25 heavy (non-hydrogen) atoms. The first-order valence-corrected chi connectivity index (χ1v) is 8.65. The van der Waals surface area contributed by atoms with Gasteiger partial charge in [0, 0.05) is 25.9 Å². The fraction of sp³-hybridized carbons (Fsp3) is 0.706.